The first-order valence-corrected chi connectivity index (χ1v) is 11.3. The molecular formula is C22H24BrF3O4S. The van der Waals surface area contributed by atoms with Crippen molar-refractivity contribution in [2.45, 2.75) is 49.6 Å². The number of carbonyl (C=O) groups is 1. The van der Waals surface area contributed by atoms with E-state index in [9.17, 15) is 18.0 Å². The second-order valence-corrected chi connectivity index (χ2v) is 9.24. The molecule has 2 aromatic rings. The smallest absolute Gasteiger partial charge is 0.492 e. The summed E-state index contributed by atoms with van der Waals surface area (Å²) in [6.07, 6.45) is -2.97. The van der Waals surface area contributed by atoms with E-state index in [1.54, 1.807) is 11.8 Å². The van der Waals surface area contributed by atoms with Crippen LogP contribution in [0, 0.1) is 6.92 Å². The highest BCUT2D eigenvalue weighted by atomic mass is 79.9. The zero-order chi connectivity index (χ0) is 23.0. The number of esters is 1. The molecule has 0 aliphatic rings. The lowest BCUT2D eigenvalue weighted by atomic mass is 10.0. The molecule has 0 spiro atoms. The van der Waals surface area contributed by atoms with E-state index in [-0.39, 0.29) is 17.0 Å². The number of ether oxygens (including phenoxy) is 3. The summed E-state index contributed by atoms with van der Waals surface area (Å²) < 4.78 is 51.5. The first-order valence-electron chi connectivity index (χ1n) is 9.58. The van der Waals surface area contributed by atoms with Crippen molar-refractivity contribution in [2.75, 3.05) is 13.7 Å². The fourth-order valence-electron chi connectivity index (χ4n) is 2.78. The fraction of sp³-hybridized carbons (Fsp3) is 0.409. The van der Waals surface area contributed by atoms with Crippen molar-refractivity contribution in [2.24, 2.45) is 0 Å². The van der Waals surface area contributed by atoms with E-state index in [1.807, 2.05) is 19.1 Å². The van der Waals surface area contributed by atoms with E-state index in [0.717, 1.165) is 22.4 Å². The predicted molar refractivity (Wildman–Crippen MR) is 118 cm³/mol. The van der Waals surface area contributed by atoms with Crippen molar-refractivity contribution >= 4 is 33.7 Å². The Morgan fingerprint density at radius 3 is 2.55 bits per heavy atom. The number of alkyl halides is 3. The Morgan fingerprint density at radius 1 is 1.19 bits per heavy atom. The molecule has 0 saturated heterocycles. The number of hydrogen-bond donors (Lipinski definition) is 0. The maximum absolute atomic E-state index is 12.3. The number of rotatable bonds is 10. The van der Waals surface area contributed by atoms with Crippen LogP contribution in [0.2, 0.25) is 0 Å². The van der Waals surface area contributed by atoms with Crippen molar-refractivity contribution in [3.63, 3.8) is 0 Å². The van der Waals surface area contributed by atoms with Gasteiger partial charge in [0.15, 0.2) is 0 Å². The Kier molecular flexibility index (Phi) is 9.55. The largest absolute Gasteiger partial charge is 0.573 e. The average Bonchev–Trinajstić information content (AvgIpc) is 2.67. The van der Waals surface area contributed by atoms with E-state index in [0.29, 0.717) is 29.7 Å². The second kappa shape index (κ2) is 11.7. The van der Waals surface area contributed by atoms with E-state index in [1.165, 1.54) is 25.3 Å². The molecule has 0 fully saturated rings. The number of benzene rings is 2. The summed E-state index contributed by atoms with van der Waals surface area (Å²) in [5.41, 5.74) is 2.25. The first kappa shape index (κ1) is 25.4. The summed E-state index contributed by atoms with van der Waals surface area (Å²) >= 11 is 4.93. The van der Waals surface area contributed by atoms with Crippen LogP contribution in [0.4, 0.5) is 13.2 Å². The highest BCUT2D eigenvalue weighted by molar-refractivity contribution is 9.10. The minimum absolute atomic E-state index is 0.222. The summed E-state index contributed by atoms with van der Waals surface area (Å²) in [7, 11) is 1.39. The molecule has 0 saturated carbocycles. The van der Waals surface area contributed by atoms with E-state index in [4.69, 9.17) is 4.74 Å². The number of thioether (sulfide) groups is 1. The van der Waals surface area contributed by atoms with Gasteiger partial charge in [-0.2, -0.15) is 0 Å². The number of halogens is 4. The van der Waals surface area contributed by atoms with Gasteiger partial charge in [-0.25, -0.2) is 0 Å². The van der Waals surface area contributed by atoms with Gasteiger partial charge >= 0.3 is 12.3 Å². The van der Waals surface area contributed by atoms with Crippen LogP contribution in [0.1, 0.15) is 30.9 Å². The van der Waals surface area contributed by atoms with Crippen LogP contribution in [0.25, 0.3) is 0 Å². The van der Waals surface area contributed by atoms with Crippen LogP contribution in [-0.4, -0.2) is 31.3 Å². The van der Waals surface area contributed by atoms with Gasteiger partial charge in [-0.05, 0) is 77.2 Å². The minimum atomic E-state index is -4.73. The van der Waals surface area contributed by atoms with Crippen LogP contribution >= 0.6 is 27.7 Å². The Labute approximate surface area is 192 Å². The Bertz CT molecular complexity index is 890. The third-order valence-electron chi connectivity index (χ3n) is 4.40. The highest BCUT2D eigenvalue weighted by Gasteiger charge is 2.31. The third kappa shape index (κ3) is 9.03. The van der Waals surface area contributed by atoms with Crippen molar-refractivity contribution in [3.8, 4) is 11.5 Å². The summed E-state index contributed by atoms with van der Waals surface area (Å²) in [6, 6.07) is 10.1. The van der Waals surface area contributed by atoms with Crippen molar-refractivity contribution in [1.29, 1.82) is 0 Å². The Hall–Kier alpha value is -1.87. The van der Waals surface area contributed by atoms with Gasteiger partial charge in [-0.15, -0.1) is 24.9 Å². The molecule has 0 aliphatic carbocycles. The number of carbonyl (C=O) groups excluding carboxylic acids is 1. The zero-order valence-corrected chi connectivity index (χ0v) is 19.8. The molecule has 170 valence electrons. The van der Waals surface area contributed by atoms with Crippen LogP contribution < -0.4 is 9.47 Å². The fourth-order valence-corrected chi connectivity index (χ4v) is 4.33. The maximum Gasteiger partial charge on any atom is 0.573 e. The molecule has 0 aromatic heterocycles. The summed E-state index contributed by atoms with van der Waals surface area (Å²) in [6.45, 7) is 4.53. The van der Waals surface area contributed by atoms with E-state index in [2.05, 4.69) is 38.4 Å². The van der Waals surface area contributed by atoms with Gasteiger partial charge in [-0.3, -0.25) is 4.79 Å². The molecule has 2 rings (SSSR count). The second-order valence-electron chi connectivity index (χ2n) is 6.87. The number of aryl methyl sites for hydroxylation is 2. The quantitative estimate of drug-likeness (QED) is 0.257. The van der Waals surface area contributed by atoms with Gasteiger partial charge in [0.05, 0.1) is 18.2 Å². The third-order valence-corrected chi connectivity index (χ3v) is 6.18. The van der Waals surface area contributed by atoms with Gasteiger partial charge in [0.25, 0.3) is 0 Å². The van der Waals surface area contributed by atoms with Crippen LogP contribution in [0.3, 0.4) is 0 Å². The molecule has 1 atom stereocenters. The molecule has 0 bridgehead atoms. The monoisotopic (exact) mass is 520 g/mol. The van der Waals surface area contributed by atoms with Crippen LogP contribution in [-0.2, 0) is 16.0 Å². The van der Waals surface area contributed by atoms with E-state index < -0.39 is 6.36 Å². The Balaban J connectivity index is 1.82. The Morgan fingerprint density at radius 2 is 1.94 bits per heavy atom. The molecule has 0 N–H and O–H groups in total. The topological polar surface area (TPSA) is 44.8 Å². The molecular weight excluding hydrogens is 497 g/mol. The number of hydrogen-bond acceptors (Lipinski definition) is 5. The number of methoxy groups -OCH3 is 1. The summed E-state index contributed by atoms with van der Waals surface area (Å²) in [4.78, 5) is 12.4. The van der Waals surface area contributed by atoms with Gasteiger partial charge in [0, 0.05) is 16.6 Å². The normalized spacial score (nSPS) is 12.4. The van der Waals surface area contributed by atoms with Gasteiger partial charge in [0.2, 0.25) is 0 Å². The highest BCUT2D eigenvalue weighted by Crippen LogP contribution is 2.33. The van der Waals surface area contributed by atoms with Gasteiger partial charge in [0.1, 0.15) is 11.5 Å². The maximum atomic E-state index is 12.3. The molecule has 0 amide bonds. The average molecular weight is 521 g/mol. The van der Waals surface area contributed by atoms with Crippen LogP contribution in [0.5, 0.6) is 11.5 Å². The molecule has 0 radical (unpaired) electrons. The molecule has 31 heavy (non-hydrogen) atoms. The molecule has 1 unspecified atom stereocenters. The van der Waals surface area contributed by atoms with Gasteiger partial charge in [-0.1, -0.05) is 13.0 Å². The van der Waals surface area contributed by atoms with Crippen LogP contribution in [0.15, 0.2) is 45.8 Å². The van der Waals surface area contributed by atoms with Crippen molar-refractivity contribution in [3.05, 3.63) is 52.0 Å². The van der Waals surface area contributed by atoms with E-state index >= 15 is 0 Å². The zero-order valence-electron chi connectivity index (χ0n) is 17.4. The minimum Gasteiger partial charge on any atom is -0.492 e. The van der Waals surface area contributed by atoms with Crippen molar-refractivity contribution in [1.82, 2.24) is 0 Å². The lowest BCUT2D eigenvalue weighted by Crippen LogP contribution is -2.17. The van der Waals surface area contributed by atoms with Gasteiger partial charge < -0.3 is 14.2 Å². The lowest BCUT2D eigenvalue weighted by molar-refractivity contribution is -0.274. The lowest BCUT2D eigenvalue weighted by Gasteiger charge is -2.15. The molecule has 4 nitrogen and oxygen atoms in total. The molecule has 9 heteroatoms. The molecule has 0 aliphatic heterocycles. The predicted octanol–water partition coefficient (Wildman–Crippen LogP) is 6.71. The summed E-state index contributed by atoms with van der Waals surface area (Å²) in [5.74, 6) is -0.0702. The molecule has 2 aromatic carbocycles. The standard InChI is InChI=1S/C22H24BrF3O4S/c1-14-12-18(7-4-16(14)5-9-21(27)28-3)31-15(2)10-11-29-20-8-6-17(13-19(20)23)30-22(24,25)26/h4,6-8,12-13,15H,5,9-11H2,1-3H3. The first-order chi connectivity index (χ1) is 14.6. The SMILES string of the molecule is COC(=O)CCc1ccc(SC(C)CCOc2ccc(OC(F)(F)F)cc2Br)cc1C. The molecule has 0 heterocycles. The van der Waals surface area contributed by atoms with Crippen molar-refractivity contribution < 1.29 is 32.2 Å². The summed E-state index contributed by atoms with van der Waals surface area (Å²) in [5, 5.41) is 0.270.